The Bertz CT molecular complexity index is 722. The summed E-state index contributed by atoms with van der Waals surface area (Å²) in [7, 11) is 0. The molecule has 0 unspecified atom stereocenters. The van der Waals surface area contributed by atoms with Crippen LogP contribution in [-0.2, 0) is 6.54 Å². The molecule has 0 bridgehead atoms. The number of benzene rings is 2. The van der Waals surface area contributed by atoms with E-state index < -0.39 is 0 Å². The molecular formula is C20H23N3. The van der Waals surface area contributed by atoms with Crippen LogP contribution in [0.5, 0.6) is 0 Å². The molecule has 3 nitrogen and oxygen atoms in total. The number of anilines is 1. The van der Waals surface area contributed by atoms with Crippen LogP contribution in [0.4, 0.5) is 5.69 Å². The van der Waals surface area contributed by atoms with Crippen LogP contribution in [0.15, 0.2) is 42.5 Å². The maximum Gasteiger partial charge on any atom is 0.0991 e. The molecule has 1 aliphatic rings. The van der Waals surface area contributed by atoms with Gasteiger partial charge in [-0.2, -0.15) is 5.26 Å². The Morgan fingerprint density at radius 1 is 1.00 bits per heavy atom. The quantitative estimate of drug-likeness (QED) is 0.869. The molecule has 0 N–H and O–H groups in total. The molecule has 3 heteroatoms. The fourth-order valence-electron chi connectivity index (χ4n) is 3.20. The van der Waals surface area contributed by atoms with Crippen molar-refractivity contribution in [3.05, 3.63) is 64.7 Å². The minimum Gasteiger partial charge on any atom is -0.369 e. The summed E-state index contributed by atoms with van der Waals surface area (Å²) < 4.78 is 0. The third-order valence-electron chi connectivity index (χ3n) is 4.54. The van der Waals surface area contributed by atoms with Crippen LogP contribution in [0.3, 0.4) is 0 Å². The van der Waals surface area contributed by atoms with Crippen LogP contribution >= 0.6 is 0 Å². The summed E-state index contributed by atoms with van der Waals surface area (Å²) in [4.78, 5) is 4.96. The lowest BCUT2D eigenvalue weighted by Crippen LogP contribution is -2.46. The number of aryl methyl sites for hydroxylation is 2. The Morgan fingerprint density at radius 3 is 2.52 bits per heavy atom. The molecule has 0 spiro atoms. The second-order valence-electron chi connectivity index (χ2n) is 6.37. The first kappa shape index (κ1) is 15.6. The fourth-order valence-corrected chi connectivity index (χ4v) is 3.20. The molecule has 1 fully saturated rings. The molecule has 0 aromatic heterocycles. The summed E-state index contributed by atoms with van der Waals surface area (Å²) in [6, 6.07) is 16.8. The summed E-state index contributed by atoms with van der Waals surface area (Å²) in [5.41, 5.74) is 6.02. The molecule has 23 heavy (non-hydrogen) atoms. The van der Waals surface area contributed by atoms with E-state index in [2.05, 4.69) is 54.0 Å². The van der Waals surface area contributed by atoms with Crippen LogP contribution in [-0.4, -0.2) is 31.1 Å². The van der Waals surface area contributed by atoms with Crippen LogP contribution < -0.4 is 4.90 Å². The van der Waals surface area contributed by atoms with Gasteiger partial charge in [0.1, 0.15) is 0 Å². The van der Waals surface area contributed by atoms with Gasteiger partial charge in [-0.25, -0.2) is 0 Å². The molecule has 1 aliphatic heterocycles. The van der Waals surface area contributed by atoms with E-state index in [1.165, 1.54) is 22.4 Å². The van der Waals surface area contributed by atoms with Crippen molar-refractivity contribution in [2.45, 2.75) is 20.4 Å². The number of hydrogen-bond acceptors (Lipinski definition) is 3. The van der Waals surface area contributed by atoms with Crippen molar-refractivity contribution in [2.75, 3.05) is 31.1 Å². The minimum absolute atomic E-state index is 0.747. The Balaban J connectivity index is 1.62. The lowest BCUT2D eigenvalue weighted by Gasteiger charge is -2.37. The van der Waals surface area contributed by atoms with E-state index in [1.807, 2.05) is 18.2 Å². The molecule has 0 saturated carbocycles. The summed E-state index contributed by atoms with van der Waals surface area (Å²) in [5.74, 6) is 0. The van der Waals surface area contributed by atoms with Gasteiger partial charge in [0.2, 0.25) is 0 Å². The zero-order valence-corrected chi connectivity index (χ0v) is 13.9. The fraction of sp³-hybridized carbons (Fsp3) is 0.350. The van der Waals surface area contributed by atoms with E-state index >= 15 is 0 Å². The molecular weight excluding hydrogens is 282 g/mol. The number of piperazine rings is 1. The first-order valence-electron chi connectivity index (χ1n) is 8.19. The highest BCUT2D eigenvalue weighted by atomic mass is 15.3. The van der Waals surface area contributed by atoms with Crippen molar-refractivity contribution in [3.63, 3.8) is 0 Å². The molecule has 2 aromatic rings. The molecule has 1 saturated heterocycles. The summed E-state index contributed by atoms with van der Waals surface area (Å²) >= 11 is 0. The molecule has 3 rings (SSSR count). The van der Waals surface area contributed by atoms with Gasteiger partial charge in [-0.15, -0.1) is 0 Å². The first-order valence-corrected chi connectivity index (χ1v) is 8.19. The molecule has 1 heterocycles. The highest BCUT2D eigenvalue weighted by Crippen LogP contribution is 2.23. The second-order valence-corrected chi connectivity index (χ2v) is 6.37. The van der Waals surface area contributed by atoms with Crippen LogP contribution in [0.2, 0.25) is 0 Å². The van der Waals surface area contributed by atoms with E-state index in [9.17, 15) is 0 Å². The maximum atomic E-state index is 9.01. The second kappa shape index (κ2) is 6.85. The van der Waals surface area contributed by atoms with Gasteiger partial charge in [0.05, 0.1) is 11.6 Å². The van der Waals surface area contributed by atoms with Gasteiger partial charge >= 0.3 is 0 Å². The predicted octanol–water partition coefficient (Wildman–Crippen LogP) is 3.50. The van der Waals surface area contributed by atoms with E-state index in [4.69, 9.17) is 5.26 Å². The summed E-state index contributed by atoms with van der Waals surface area (Å²) in [6.07, 6.45) is 0. The first-order chi connectivity index (χ1) is 11.2. The standard InChI is InChI=1S/C20H23N3/c1-16-6-7-17(2)20(12-16)23-10-8-22(9-11-23)15-19-5-3-4-18(13-19)14-21/h3-7,12-13H,8-11,15H2,1-2H3. The van der Waals surface area contributed by atoms with Crippen LogP contribution in [0.25, 0.3) is 0 Å². The molecule has 118 valence electrons. The SMILES string of the molecule is Cc1ccc(C)c(N2CCN(Cc3cccc(C#N)c3)CC2)c1. The smallest absolute Gasteiger partial charge is 0.0991 e. The number of nitrogens with zero attached hydrogens (tertiary/aromatic N) is 3. The van der Waals surface area contributed by atoms with E-state index in [1.54, 1.807) is 0 Å². The monoisotopic (exact) mass is 305 g/mol. The van der Waals surface area contributed by atoms with E-state index in [-0.39, 0.29) is 0 Å². The van der Waals surface area contributed by atoms with Gasteiger partial charge in [0, 0.05) is 38.4 Å². The third-order valence-corrected chi connectivity index (χ3v) is 4.54. The highest BCUT2D eigenvalue weighted by molar-refractivity contribution is 5.55. The van der Waals surface area contributed by atoms with Gasteiger partial charge < -0.3 is 4.90 Å². The van der Waals surface area contributed by atoms with Crippen molar-refractivity contribution in [1.29, 1.82) is 5.26 Å². The zero-order chi connectivity index (χ0) is 16.2. The average Bonchev–Trinajstić information content (AvgIpc) is 2.58. The molecule has 0 aliphatic carbocycles. The Hall–Kier alpha value is -2.31. The maximum absolute atomic E-state index is 9.01. The van der Waals surface area contributed by atoms with Gasteiger partial charge in [-0.3, -0.25) is 4.90 Å². The average molecular weight is 305 g/mol. The lowest BCUT2D eigenvalue weighted by atomic mass is 10.1. The van der Waals surface area contributed by atoms with Gasteiger partial charge in [-0.1, -0.05) is 24.3 Å². The normalized spacial score (nSPS) is 15.4. The lowest BCUT2D eigenvalue weighted by molar-refractivity contribution is 0.250. The topological polar surface area (TPSA) is 30.3 Å². The van der Waals surface area contributed by atoms with Crippen molar-refractivity contribution in [2.24, 2.45) is 0 Å². The third kappa shape index (κ3) is 3.72. The van der Waals surface area contributed by atoms with Crippen molar-refractivity contribution < 1.29 is 0 Å². The molecule has 0 amide bonds. The number of nitriles is 1. The zero-order valence-electron chi connectivity index (χ0n) is 13.9. The van der Waals surface area contributed by atoms with Crippen LogP contribution in [0.1, 0.15) is 22.3 Å². The molecule has 0 atom stereocenters. The van der Waals surface area contributed by atoms with E-state index in [0.717, 1.165) is 38.3 Å². The Kier molecular flexibility index (Phi) is 4.64. The van der Waals surface area contributed by atoms with Crippen LogP contribution in [0, 0.1) is 25.2 Å². The largest absolute Gasteiger partial charge is 0.369 e. The molecule has 0 radical (unpaired) electrons. The van der Waals surface area contributed by atoms with Crippen molar-refractivity contribution in [3.8, 4) is 6.07 Å². The highest BCUT2D eigenvalue weighted by Gasteiger charge is 2.18. The molecule has 2 aromatic carbocycles. The number of hydrogen-bond donors (Lipinski definition) is 0. The summed E-state index contributed by atoms with van der Waals surface area (Å²) in [5, 5.41) is 9.01. The number of rotatable bonds is 3. The van der Waals surface area contributed by atoms with E-state index in [0.29, 0.717) is 0 Å². The van der Waals surface area contributed by atoms with Gasteiger partial charge in [0.25, 0.3) is 0 Å². The van der Waals surface area contributed by atoms with Gasteiger partial charge in [0.15, 0.2) is 0 Å². The van der Waals surface area contributed by atoms with Crippen molar-refractivity contribution in [1.82, 2.24) is 4.90 Å². The minimum atomic E-state index is 0.747. The predicted molar refractivity (Wildman–Crippen MR) is 94.6 cm³/mol. The Labute approximate surface area is 138 Å². The summed E-state index contributed by atoms with van der Waals surface area (Å²) in [6.45, 7) is 9.50. The van der Waals surface area contributed by atoms with Gasteiger partial charge in [-0.05, 0) is 48.7 Å². The Morgan fingerprint density at radius 2 is 1.78 bits per heavy atom. The van der Waals surface area contributed by atoms with Crippen molar-refractivity contribution >= 4 is 5.69 Å².